The second-order valence-electron chi connectivity index (χ2n) is 4.44. The van der Waals surface area contributed by atoms with Crippen molar-refractivity contribution in [2.45, 2.75) is 13.8 Å². The number of ether oxygens (including phenoxy) is 1. The molecule has 0 fully saturated rings. The minimum absolute atomic E-state index is 0.0924. The zero-order valence-corrected chi connectivity index (χ0v) is 13.3. The fraction of sp³-hybridized carbons (Fsp3) is 0.200. The van der Waals surface area contributed by atoms with E-state index in [0.29, 0.717) is 10.4 Å². The Morgan fingerprint density at radius 2 is 2.05 bits per heavy atom. The summed E-state index contributed by atoms with van der Waals surface area (Å²) in [6, 6.07) is 9.30. The first kappa shape index (κ1) is 15.3. The zero-order valence-electron chi connectivity index (χ0n) is 11.7. The van der Waals surface area contributed by atoms with Crippen LogP contribution in [0.25, 0.3) is 0 Å². The number of nitrogens with zero attached hydrogens (tertiary/aromatic N) is 1. The van der Waals surface area contributed by atoms with Gasteiger partial charge in [0.15, 0.2) is 11.3 Å². The van der Waals surface area contributed by atoms with Crippen molar-refractivity contribution in [3.8, 4) is 5.75 Å². The molecule has 0 aliphatic heterocycles. The monoisotopic (exact) mass is 350 g/mol. The highest BCUT2D eigenvalue weighted by molar-refractivity contribution is 9.10. The molecule has 0 saturated carbocycles. The molecule has 0 aliphatic carbocycles. The highest BCUT2D eigenvalue weighted by Crippen LogP contribution is 2.21. The summed E-state index contributed by atoms with van der Waals surface area (Å²) in [5, 5.41) is 3.79. The summed E-state index contributed by atoms with van der Waals surface area (Å²) >= 11 is 3.18. The number of hydrogen-bond donors (Lipinski definition) is 1. The molecular weight excluding hydrogens is 336 g/mol. The molecule has 6 heteroatoms. The van der Waals surface area contributed by atoms with Gasteiger partial charge in [0.25, 0.3) is 5.91 Å². The van der Waals surface area contributed by atoms with Crippen molar-refractivity contribution >= 4 is 28.1 Å². The van der Waals surface area contributed by atoms with Crippen LogP contribution in [0.15, 0.2) is 44.5 Å². The van der Waals surface area contributed by atoms with Crippen LogP contribution in [0.4, 0.5) is 0 Å². The molecule has 21 heavy (non-hydrogen) atoms. The van der Waals surface area contributed by atoms with E-state index in [1.54, 1.807) is 12.1 Å². The van der Waals surface area contributed by atoms with Gasteiger partial charge in [-0.3, -0.25) is 4.79 Å². The highest BCUT2D eigenvalue weighted by atomic mass is 79.9. The average molecular weight is 351 g/mol. The molecule has 0 atom stereocenters. The summed E-state index contributed by atoms with van der Waals surface area (Å²) < 4.78 is 11.3. The standard InChI is InChI=1S/C15H15BrN2O3/c1-10-4-3-5-11(2)15(10)20-9-14(19)18-17-8-12-6-7-13(16)21-12/h3-8H,9H2,1-2H3,(H,18,19)/b17-8+. The maximum Gasteiger partial charge on any atom is 0.277 e. The van der Waals surface area contributed by atoms with Crippen LogP contribution in [0.1, 0.15) is 16.9 Å². The van der Waals surface area contributed by atoms with Crippen LogP contribution in [0.5, 0.6) is 5.75 Å². The first-order chi connectivity index (χ1) is 10.1. The van der Waals surface area contributed by atoms with Crippen LogP contribution in [0.3, 0.4) is 0 Å². The Balaban J connectivity index is 1.84. The summed E-state index contributed by atoms with van der Waals surface area (Å²) in [4.78, 5) is 11.6. The number of hydrogen-bond acceptors (Lipinski definition) is 4. The lowest BCUT2D eigenvalue weighted by Crippen LogP contribution is -2.24. The molecule has 0 bridgehead atoms. The molecule has 1 heterocycles. The van der Waals surface area contributed by atoms with Gasteiger partial charge in [-0.1, -0.05) is 18.2 Å². The number of carbonyl (C=O) groups is 1. The second kappa shape index (κ2) is 7.08. The van der Waals surface area contributed by atoms with Gasteiger partial charge in [-0.15, -0.1) is 0 Å². The van der Waals surface area contributed by atoms with E-state index in [1.807, 2.05) is 32.0 Å². The van der Waals surface area contributed by atoms with Crippen LogP contribution >= 0.6 is 15.9 Å². The zero-order chi connectivity index (χ0) is 15.2. The topological polar surface area (TPSA) is 63.8 Å². The molecular formula is C15H15BrN2O3. The van der Waals surface area contributed by atoms with E-state index >= 15 is 0 Å². The molecule has 0 spiro atoms. The van der Waals surface area contributed by atoms with Crippen LogP contribution in [0, 0.1) is 13.8 Å². The van der Waals surface area contributed by atoms with E-state index in [0.717, 1.165) is 16.9 Å². The summed E-state index contributed by atoms with van der Waals surface area (Å²) in [6.45, 7) is 3.78. The van der Waals surface area contributed by atoms with Crippen molar-refractivity contribution in [3.63, 3.8) is 0 Å². The van der Waals surface area contributed by atoms with Gasteiger partial charge >= 0.3 is 0 Å². The maximum absolute atomic E-state index is 11.6. The predicted molar refractivity (Wildman–Crippen MR) is 83.6 cm³/mol. The number of para-hydroxylation sites is 1. The smallest absolute Gasteiger partial charge is 0.277 e. The molecule has 0 saturated heterocycles. The normalized spacial score (nSPS) is 10.8. The van der Waals surface area contributed by atoms with Gasteiger partial charge in [-0.05, 0) is 53.0 Å². The van der Waals surface area contributed by atoms with Crippen molar-refractivity contribution in [1.29, 1.82) is 0 Å². The van der Waals surface area contributed by atoms with Gasteiger partial charge in [0.1, 0.15) is 11.5 Å². The largest absolute Gasteiger partial charge is 0.483 e. The Labute approximate surface area is 131 Å². The molecule has 1 amide bonds. The molecule has 1 aromatic carbocycles. The third-order valence-electron chi connectivity index (χ3n) is 2.73. The van der Waals surface area contributed by atoms with Gasteiger partial charge in [0, 0.05) is 0 Å². The van der Waals surface area contributed by atoms with Crippen LogP contribution in [0.2, 0.25) is 0 Å². The summed E-state index contributed by atoms with van der Waals surface area (Å²) in [7, 11) is 0. The van der Waals surface area contributed by atoms with Crippen molar-refractivity contribution in [2.24, 2.45) is 5.10 Å². The minimum atomic E-state index is -0.334. The molecule has 0 unspecified atom stereocenters. The van der Waals surface area contributed by atoms with Crippen LogP contribution < -0.4 is 10.2 Å². The molecule has 110 valence electrons. The van der Waals surface area contributed by atoms with Gasteiger partial charge in [0.05, 0.1) is 6.21 Å². The number of aryl methyl sites for hydroxylation is 2. The molecule has 0 aliphatic rings. The van der Waals surface area contributed by atoms with Gasteiger partial charge in [0.2, 0.25) is 0 Å². The van der Waals surface area contributed by atoms with E-state index < -0.39 is 0 Å². The van der Waals surface area contributed by atoms with E-state index in [2.05, 4.69) is 26.5 Å². The Morgan fingerprint density at radius 1 is 1.33 bits per heavy atom. The highest BCUT2D eigenvalue weighted by Gasteiger charge is 2.06. The van der Waals surface area contributed by atoms with E-state index in [1.165, 1.54) is 6.21 Å². The Kier molecular flexibility index (Phi) is 5.16. The first-order valence-electron chi connectivity index (χ1n) is 6.32. The van der Waals surface area contributed by atoms with Crippen molar-refractivity contribution in [2.75, 3.05) is 6.61 Å². The minimum Gasteiger partial charge on any atom is -0.483 e. The van der Waals surface area contributed by atoms with Crippen molar-refractivity contribution in [1.82, 2.24) is 5.43 Å². The lowest BCUT2D eigenvalue weighted by molar-refractivity contribution is -0.123. The number of rotatable bonds is 5. The Morgan fingerprint density at radius 3 is 2.67 bits per heavy atom. The summed E-state index contributed by atoms with van der Waals surface area (Å²) in [5.74, 6) is 0.934. The van der Waals surface area contributed by atoms with E-state index in [9.17, 15) is 4.79 Å². The lowest BCUT2D eigenvalue weighted by atomic mass is 10.1. The van der Waals surface area contributed by atoms with Gasteiger partial charge < -0.3 is 9.15 Å². The molecule has 2 aromatic rings. The molecule has 5 nitrogen and oxygen atoms in total. The van der Waals surface area contributed by atoms with E-state index in [-0.39, 0.29) is 12.5 Å². The third kappa shape index (κ3) is 4.46. The molecule has 0 radical (unpaired) electrons. The van der Waals surface area contributed by atoms with Crippen molar-refractivity contribution in [3.05, 3.63) is 51.9 Å². The lowest BCUT2D eigenvalue weighted by Gasteiger charge is -2.10. The van der Waals surface area contributed by atoms with Crippen LogP contribution in [-0.4, -0.2) is 18.7 Å². The second-order valence-corrected chi connectivity index (χ2v) is 5.23. The summed E-state index contributed by atoms with van der Waals surface area (Å²) in [5.41, 5.74) is 4.36. The molecule has 1 aromatic heterocycles. The summed E-state index contributed by atoms with van der Waals surface area (Å²) in [6.07, 6.45) is 1.42. The van der Waals surface area contributed by atoms with Crippen LogP contribution in [-0.2, 0) is 4.79 Å². The number of benzene rings is 1. The van der Waals surface area contributed by atoms with Crippen molar-refractivity contribution < 1.29 is 13.9 Å². The number of carbonyl (C=O) groups excluding carboxylic acids is 1. The third-order valence-corrected chi connectivity index (χ3v) is 3.16. The number of hydrazone groups is 1. The Bertz CT molecular complexity index is 644. The van der Waals surface area contributed by atoms with Gasteiger partial charge in [-0.25, -0.2) is 5.43 Å². The number of amides is 1. The number of furan rings is 1. The molecule has 1 N–H and O–H groups in total. The number of nitrogens with one attached hydrogen (secondary N) is 1. The quantitative estimate of drug-likeness (QED) is 0.665. The number of halogens is 1. The SMILES string of the molecule is Cc1cccc(C)c1OCC(=O)N/N=C/c1ccc(Br)o1. The average Bonchev–Trinajstić information content (AvgIpc) is 2.84. The fourth-order valence-corrected chi connectivity index (χ4v) is 2.08. The Hall–Kier alpha value is -2.08. The van der Waals surface area contributed by atoms with E-state index in [4.69, 9.17) is 9.15 Å². The maximum atomic E-state index is 11.6. The predicted octanol–water partition coefficient (Wildman–Crippen LogP) is 3.19. The molecule has 2 rings (SSSR count). The first-order valence-corrected chi connectivity index (χ1v) is 7.12. The fourth-order valence-electron chi connectivity index (χ4n) is 1.76. The van der Waals surface area contributed by atoms with Gasteiger partial charge in [-0.2, -0.15) is 5.10 Å².